The largest absolute Gasteiger partial charge is 0.493 e. The lowest BCUT2D eigenvalue weighted by Gasteiger charge is -2.11. The van der Waals surface area contributed by atoms with Crippen LogP contribution in [-0.2, 0) is 11.4 Å². The quantitative estimate of drug-likeness (QED) is 0.277. The maximum Gasteiger partial charge on any atom is 0.240 e. The number of rotatable bonds is 13. The van der Waals surface area contributed by atoms with Gasteiger partial charge in [-0.3, -0.25) is 4.79 Å². The lowest BCUT2D eigenvalue weighted by molar-refractivity contribution is -0.121. The first kappa shape index (κ1) is 22.5. The second-order valence-electron chi connectivity index (χ2n) is 7.00. The maximum absolute atomic E-state index is 11.8. The predicted molar refractivity (Wildman–Crippen MR) is 117 cm³/mol. The number of unbranched alkanes of at least 4 members (excludes halogenated alkanes) is 5. The average Bonchev–Trinajstić information content (AvgIpc) is 2.75. The molecule has 0 bridgehead atoms. The summed E-state index contributed by atoms with van der Waals surface area (Å²) in [5, 5.41) is 4.05. The molecule has 0 unspecified atom stereocenters. The number of amides is 1. The van der Waals surface area contributed by atoms with Crippen LogP contribution < -0.4 is 14.9 Å². The molecule has 2 aromatic carbocycles. The molecule has 2 aromatic rings. The molecule has 0 fully saturated rings. The molecule has 156 valence electrons. The number of nitrogens with one attached hydrogen (secondary N) is 1. The van der Waals surface area contributed by atoms with E-state index < -0.39 is 0 Å². The van der Waals surface area contributed by atoms with Crippen molar-refractivity contribution in [3.63, 3.8) is 0 Å². The summed E-state index contributed by atoms with van der Waals surface area (Å²) in [7, 11) is 1.61. The summed E-state index contributed by atoms with van der Waals surface area (Å²) in [5.41, 5.74) is 4.51. The summed E-state index contributed by atoms with van der Waals surface area (Å²) in [5.74, 6) is 1.25. The minimum Gasteiger partial charge on any atom is -0.493 e. The summed E-state index contributed by atoms with van der Waals surface area (Å²) in [6.07, 6.45) is 9.09. The fourth-order valence-electron chi connectivity index (χ4n) is 2.92. The van der Waals surface area contributed by atoms with Gasteiger partial charge in [0, 0.05) is 6.42 Å². The number of benzene rings is 2. The first-order valence-electron chi connectivity index (χ1n) is 10.4. The average molecular weight is 397 g/mol. The van der Waals surface area contributed by atoms with Crippen LogP contribution in [0.5, 0.6) is 11.5 Å². The van der Waals surface area contributed by atoms with E-state index in [0.717, 1.165) is 24.0 Å². The molecule has 0 aliphatic rings. The highest BCUT2D eigenvalue weighted by atomic mass is 16.5. The molecule has 0 saturated heterocycles. The third-order valence-electron chi connectivity index (χ3n) is 4.59. The lowest BCUT2D eigenvalue weighted by Crippen LogP contribution is -2.16. The molecule has 29 heavy (non-hydrogen) atoms. The fraction of sp³-hybridized carbons (Fsp3) is 0.417. The Morgan fingerprint density at radius 3 is 2.52 bits per heavy atom. The predicted octanol–water partition coefficient (Wildman–Crippen LogP) is 5.47. The highest BCUT2D eigenvalue weighted by Crippen LogP contribution is 2.28. The van der Waals surface area contributed by atoms with Crippen LogP contribution in [0.25, 0.3) is 0 Å². The van der Waals surface area contributed by atoms with E-state index in [9.17, 15) is 4.79 Å². The number of ether oxygens (including phenoxy) is 2. The zero-order valence-corrected chi connectivity index (χ0v) is 17.5. The van der Waals surface area contributed by atoms with Gasteiger partial charge in [0.1, 0.15) is 6.61 Å². The Labute approximate surface area is 174 Å². The van der Waals surface area contributed by atoms with Gasteiger partial charge in [0.05, 0.1) is 13.3 Å². The van der Waals surface area contributed by atoms with E-state index in [1.807, 2.05) is 48.5 Å². The van der Waals surface area contributed by atoms with Gasteiger partial charge in [-0.2, -0.15) is 5.10 Å². The van der Waals surface area contributed by atoms with E-state index in [2.05, 4.69) is 17.5 Å². The van der Waals surface area contributed by atoms with Crippen LogP contribution in [0.2, 0.25) is 0 Å². The minimum absolute atomic E-state index is 0.0495. The van der Waals surface area contributed by atoms with Crippen molar-refractivity contribution < 1.29 is 14.3 Å². The Balaban J connectivity index is 1.77. The number of hydrogen-bond donors (Lipinski definition) is 1. The fourth-order valence-corrected chi connectivity index (χ4v) is 2.92. The topological polar surface area (TPSA) is 59.9 Å². The second-order valence-corrected chi connectivity index (χ2v) is 7.00. The molecule has 0 atom stereocenters. The number of hydrogen-bond acceptors (Lipinski definition) is 4. The van der Waals surface area contributed by atoms with Crippen molar-refractivity contribution in [2.45, 2.75) is 58.5 Å². The zero-order valence-electron chi connectivity index (χ0n) is 17.5. The highest BCUT2D eigenvalue weighted by Gasteiger charge is 2.06. The standard InChI is InChI=1S/C24H32N2O3/c1-3-4-5-6-7-11-14-24(27)26-25-18-21-15-16-22(23(17-21)28-2)29-19-20-12-9-8-10-13-20/h8-10,12-13,15-18H,3-7,11,14,19H2,1-2H3,(H,26,27)/b25-18-. The smallest absolute Gasteiger partial charge is 0.240 e. The Hall–Kier alpha value is -2.82. The Kier molecular flexibility index (Phi) is 10.4. The summed E-state index contributed by atoms with van der Waals surface area (Å²) in [6, 6.07) is 15.5. The van der Waals surface area contributed by atoms with Crippen LogP contribution in [0.4, 0.5) is 0 Å². The Morgan fingerprint density at radius 2 is 1.76 bits per heavy atom. The van der Waals surface area contributed by atoms with Gasteiger partial charge < -0.3 is 9.47 Å². The minimum atomic E-state index is -0.0495. The van der Waals surface area contributed by atoms with Crippen molar-refractivity contribution in [1.82, 2.24) is 5.43 Å². The van der Waals surface area contributed by atoms with Crippen molar-refractivity contribution >= 4 is 12.1 Å². The van der Waals surface area contributed by atoms with E-state index in [1.165, 1.54) is 25.7 Å². The van der Waals surface area contributed by atoms with E-state index in [1.54, 1.807) is 13.3 Å². The molecule has 5 heteroatoms. The van der Waals surface area contributed by atoms with Gasteiger partial charge in [-0.25, -0.2) is 5.43 Å². The van der Waals surface area contributed by atoms with Gasteiger partial charge >= 0.3 is 0 Å². The van der Waals surface area contributed by atoms with Gasteiger partial charge in [-0.15, -0.1) is 0 Å². The van der Waals surface area contributed by atoms with Gasteiger partial charge in [-0.05, 0) is 35.7 Å². The maximum atomic E-state index is 11.8. The van der Waals surface area contributed by atoms with E-state index in [4.69, 9.17) is 9.47 Å². The number of methoxy groups -OCH3 is 1. The van der Waals surface area contributed by atoms with Gasteiger partial charge in [-0.1, -0.05) is 69.4 Å². The first-order chi connectivity index (χ1) is 14.2. The van der Waals surface area contributed by atoms with E-state index in [0.29, 0.717) is 24.5 Å². The molecule has 0 radical (unpaired) electrons. The number of nitrogens with zero attached hydrogens (tertiary/aromatic N) is 1. The molecule has 1 N–H and O–H groups in total. The molecule has 1 amide bonds. The monoisotopic (exact) mass is 396 g/mol. The number of carbonyl (C=O) groups is 1. The third-order valence-corrected chi connectivity index (χ3v) is 4.59. The van der Waals surface area contributed by atoms with Gasteiger partial charge in [0.15, 0.2) is 11.5 Å². The normalized spacial score (nSPS) is 10.8. The summed E-state index contributed by atoms with van der Waals surface area (Å²) >= 11 is 0. The van der Waals surface area contributed by atoms with Crippen LogP contribution in [0, 0.1) is 0 Å². The SMILES string of the molecule is CCCCCCCCC(=O)N/N=C\c1ccc(OCc2ccccc2)c(OC)c1. The van der Waals surface area contributed by atoms with E-state index in [-0.39, 0.29) is 5.91 Å². The molecule has 0 aliphatic carbocycles. The van der Waals surface area contributed by atoms with Crippen molar-refractivity contribution in [3.8, 4) is 11.5 Å². The molecule has 5 nitrogen and oxygen atoms in total. The number of hydrazone groups is 1. The van der Waals surface area contributed by atoms with Crippen molar-refractivity contribution in [1.29, 1.82) is 0 Å². The second kappa shape index (κ2) is 13.4. The van der Waals surface area contributed by atoms with Crippen LogP contribution >= 0.6 is 0 Å². The summed E-state index contributed by atoms with van der Waals surface area (Å²) < 4.78 is 11.3. The summed E-state index contributed by atoms with van der Waals surface area (Å²) in [6.45, 7) is 2.67. The van der Waals surface area contributed by atoms with Crippen molar-refractivity contribution in [3.05, 3.63) is 59.7 Å². The van der Waals surface area contributed by atoms with Crippen molar-refractivity contribution in [2.24, 2.45) is 5.10 Å². The molecule has 2 rings (SSSR count). The summed E-state index contributed by atoms with van der Waals surface area (Å²) in [4.78, 5) is 11.8. The van der Waals surface area contributed by atoms with Crippen LogP contribution in [0.1, 0.15) is 63.0 Å². The molecule has 0 spiro atoms. The Morgan fingerprint density at radius 1 is 1.00 bits per heavy atom. The molecule has 0 aromatic heterocycles. The van der Waals surface area contributed by atoms with Gasteiger partial charge in [0.2, 0.25) is 5.91 Å². The molecular formula is C24H32N2O3. The highest BCUT2D eigenvalue weighted by molar-refractivity contribution is 5.83. The van der Waals surface area contributed by atoms with Crippen LogP contribution in [0.3, 0.4) is 0 Å². The molecule has 0 aliphatic heterocycles. The van der Waals surface area contributed by atoms with Crippen LogP contribution in [0.15, 0.2) is 53.6 Å². The lowest BCUT2D eigenvalue weighted by atomic mass is 10.1. The molecule has 0 heterocycles. The Bertz CT molecular complexity index is 760. The zero-order chi connectivity index (χ0) is 20.7. The van der Waals surface area contributed by atoms with Gasteiger partial charge in [0.25, 0.3) is 0 Å². The van der Waals surface area contributed by atoms with Crippen molar-refractivity contribution in [2.75, 3.05) is 7.11 Å². The van der Waals surface area contributed by atoms with Crippen LogP contribution in [-0.4, -0.2) is 19.2 Å². The number of carbonyl (C=O) groups excluding carboxylic acids is 1. The van der Waals surface area contributed by atoms with E-state index >= 15 is 0 Å². The first-order valence-corrected chi connectivity index (χ1v) is 10.4. The molecule has 0 saturated carbocycles. The molecular weight excluding hydrogens is 364 g/mol. The third kappa shape index (κ3) is 8.81.